The predicted octanol–water partition coefficient (Wildman–Crippen LogP) is 0.0927. The van der Waals surface area contributed by atoms with E-state index in [2.05, 4.69) is 10.6 Å². The molecule has 2 amide bonds. The minimum absolute atomic E-state index is 0.0469. The third-order valence-electron chi connectivity index (χ3n) is 3.31. The summed E-state index contributed by atoms with van der Waals surface area (Å²) in [6, 6.07) is 0. The number of aliphatic hydroxyl groups excluding tert-OH is 1. The molecule has 3 N–H and O–H groups in total. The fourth-order valence-corrected chi connectivity index (χ4v) is 1.98. The van der Waals surface area contributed by atoms with Crippen molar-refractivity contribution in [1.29, 1.82) is 0 Å². The van der Waals surface area contributed by atoms with Crippen molar-refractivity contribution in [3.63, 3.8) is 0 Å². The van der Waals surface area contributed by atoms with Crippen molar-refractivity contribution < 1.29 is 43.1 Å². The zero-order valence-corrected chi connectivity index (χ0v) is 19.1. The lowest BCUT2D eigenvalue weighted by Crippen LogP contribution is -2.34. The standard InChI is InChI=1S/C20H40N2O9/c1-20(2,3)31-19(25)22-6-10-28-13-15-30-17-16-29-14-12-27-9-5-21-18(24)4-8-26-11-7-23/h23H,4-17H2,1-3H3,(H,21,24)(H,22,25). The van der Waals surface area contributed by atoms with Crippen LogP contribution in [0.2, 0.25) is 0 Å². The van der Waals surface area contributed by atoms with Crippen LogP contribution < -0.4 is 10.6 Å². The van der Waals surface area contributed by atoms with Gasteiger partial charge >= 0.3 is 6.09 Å². The normalized spacial score (nSPS) is 11.4. The summed E-state index contributed by atoms with van der Waals surface area (Å²) in [5, 5.41) is 13.9. The topological polar surface area (TPSA) is 134 Å². The summed E-state index contributed by atoms with van der Waals surface area (Å²) in [5.41, 5.74) is -0.512. The lowest BCUT2D eigenvalue weighted by Gasteiger charge is -2.19. The van der Waals surface area contributed by atoms with Crippen molar-refractivity contribution in [3.8, 4) is 0 Å². The van der Waals surface area contributed by atoms with Gasteiger partial charge in [0.2, 0.25) is 5.91 Å². The third-order valence-corrected chi connectivity index (χ3v) is 3.31. The quantitative estimate of drug-likeness (QED) is 0.220. The van der Waals surface area contributed by atoms with E-state index in [1.54, 1.807) is 20.8 Å². The van der Waals surface area contributed by atoms with Gasteiger partial charge < -0.3 is 44.2 Å². The summed E-state index contributed by atoms with van der Waals surface area (Å²) in [4.78, 5) is 22.8. The molecule has 0 heterocycles. The van der Waals surface area contributed by atoms with Crippen molar-refractivity contribution in [2.45, 2.75) is 32.8 Å². The van der Waals surface area contributed by atoms with Crippen LogP contribution in [0.3, 0.4) is 0 Å². The van der Waals surface area contributed by atoms with Crippen LogP contribution in [0.1, 0.15) is 27.2 Å². The molecule has 0 aromatic heterocycles. The molecule has 0 saturated heterocycles. The maximum absolute atomic E-state index is 11.4. The molecule has 0 unspecified atom stereocenters. The first-order valence-corrected chi connectivity index (χ1v) is 10.6. The molecule has 0 radical (unpaired) electrons. The number of hydrogen-bond acceptors (Lipinski definition) is 9. The molecule has 0 fully saturated rings. The zero-order valence-electron chi connectivity index (χ0n) is 19.1. The highest BCUT2D eigenvalue weighted by Crippen LogP contribution is 2.05. The lowest BCUT2D eigenvalue weighted by molar-refractivity contribution is -0.122. The van der Waals surface area contributed by atoms with Gasteiger partial charge in [0, 0.05) is 19.5 Å². The van der Waals surface area contributed by atoms with Gasteiger partial charge in [0.25, 0.3) is 0 Å². The first-order chi connectivity index (χ1) is 14.8. The van der Waals surface area contributed by atoms with Gasteiger partial charge in [-0.3, -0.25) is 4.79 Å². The molecule has 0 spiro atoms. The van der Waals surface area contributed by atoms with Gasteiger partial charge in [-0.1, -0.05) is 0 Å². The highest BCUT2D eigenvalue weighted by molar-refractivity contribution is 5.75. The molecule has 0 atom stereocenters. The summed E-state index contributed by atoms with van der Waals surface area (Å²) in [6.45, 7) is 10.1. The number of carbonyl (C=O) groups excluding carboxylic acids is 2. The number of alkyl carbamates (subject to hydrolysis) is 1. The molecule has 31 heavy (non-hydrogen) atoms. The Morgan fingerprint density at radius 2 is 1.13 bits per heavy atom. The number of nitrogens with one attached hydrogen (secondary N) is 2. The van der Waals surface area contributed by atoms with Crippen molar-refractivity contribution in [2.75, 3.05) is 85.8 Å². The molecule has 0 aliphatic rings. The average molecular weight is 453 g/mol. The summed E-state index contributed by atoms with van der Waals surface area (Å²) in [6.07, 6.45) is -0.199. The van der Waals surface area contributed by atoms with Crippen LogP contribution in [0.5, 0.6) is 0 Å². The van der Waals surface area contributed by atoms with Crippen LogP contribution in [0.15, 0.2) is 0 Å². The predicted molar refractivity (Wildman–Crippen MR) is 113 cm³/mol. The second kappa shape index (κ2) is 20.4. The van der Waals surface area contributed by atoms with Crippen molar-refractivity contribution >= 4 is 12.0 Å². The summed E-state index contributed by atoms with van der Waals surface area (Å²) < 4.78 is 31.6. The fourth-order valence-electron chi connectivity index (χ4n) is 1.98. The number of carbonyl (C=O) groups is 2. The molecule has 0 bridgehead atoms. The molecular weight excluding hydrogens is 412 g/mol. The van der Waals surface area contributed by atoms with E-state index in [-0.39, 0.29) is 25.5 Å². The Morgan fingerprint density at radius 3 is 1.61 bits per heavy atom. The first kappa shape index (κ1) is 29.5. The van der Waals surface area contributed by atoms with Crippen molar-refractivity contribution in [3.05, 3.63) is 0 Å². The minimum Gasteiger partial charge on any atom is -0.444 e. The van der Waals surface area contributed by atoms with E-state index in [1.165, 1.54) is 0 Å². The first-order valence-electron chi connectivity index (χ1n) is 10.6. The summed E-state index contributed by atoms with van der Waals surface area (Å²) >= 11 is 0. The van der Waals surface area contributed by atoms with Crippen LogP contribution in [0, 0.1) is 0 Å². The number of rotatable bonds is 20. The second-order valence-corrected chi connectivity index (χ2v) is 7.31. The van der Waals surface area contributed by atoms with Crippen LogP contribution in [-0.2, 0) is 33.2 Å². The fraction of sp³-hybridized carbons (Fsp3) is 0.900. The molecule has 0 rings (SSSR count). The van der Waals surface area contributed by atoms with E-state index < -0.39 is 11.7 Å². The smallest absolute Gasteiger partial charge is 0.407 e. The van der Waals surface area contributed by atoms with Crippen molar-refractivity contribution in [2.24, 2.45) is 0 Å². The van der Waals surface area contributed by atoms with E-state index >= 15 is 0 Å². The minimum atomic E-state index is -0.512. The maximum Gasteiger partial charge on any atom is 0.407 e. The number of amides is 2. The largest absolute Gasteiger partial charge is 0.444 e. The van der Waals surface area contributed by atoms with Crippen LogP contribution in [-0.4, -0.2) is 108 Å². The van der Waals surface area contributed by atoms with Gasteiger partial charge in [0.05, 0.1) is 72.7 Å². The molecule has 11 nitrogen and oxygen atoms in total. The Labute approximate surface area is 185 Å². The Bertz CT molecular complexity index is 445. The molecule has 184 valence electrons. The maximum atomic E-state index is 11.4. The lowest BCUT2D eigenvalue weighted by atomic mass is 10.2. The highest BCUT2D eigenvalue weighted by atomic mass is 16.6. The number of ether oxygens (including phenoxy) is 6. The molecule has 0 aliphatic carbocycles. The summed E-state index contributed by atoms with van der Waals surface area (Å²) in [7, 11) is 0. The Hall–Kier alpha value is -1.50. The Kier molecular flexibility index (Phi) is 19.4. The second-order valence-electron chi connectivity index (χ2n) is 7.31. The molecule has 0 saturated carbocycles. The van der Waals surface area contributed by atoms with E-state index in [0.717, 1.165) is 0 Å². The van der Waals surface area contributed by atoms with Gasteiger partial charge in [-0.15, -0.1) is 0 Å². The molecule has 0 aromatic rings. The van der Waals surface area contributed by atoms with Gasteiger partial charge in [0.1, 0.15) is 5.60 Å². The molecule has 0 aliphatic heterocycles. The van der Waals surface area contributed by atoms with Crippen molar-refractivity contribution in [1.82, 2.24) is 10.6 Å². The van der Waals surface area contributed by atoms with Crippen LogP contribution in [0.25, 0.3) is 0 Å². The van der Waals surface area contributed by atoms with E-state index in [4.69, 9.17) is 33.5 Å². The van der Waals surface area contributed by atoms with Gasteiger partial charge in [-0.25, -0.2) is 4.79 Å². The van der Waals surface area contributed by atoms with E-state index in [0.29, 0.717) is 72.6 Å². The van der Waals surface area contributed by atoms with Gasteiger partial charge in [-0.2, -0.15) is 0 Å². The van der Waals surface area contributed by atoms with Crippen LogP contribution in [0.4, 0.5) is 4.79 Å². The van der Waals surface area contributed by atoms with Crippen LogP contribution >= 0.6 is 0 Å². The van der Waals surface area contributed by atoms with Gasteiger partial charge in [-0.05, 0) is 20.8 Å². The summed E-state index contributed by atoms with van der Waals surface area (Å²) in [5.74, 6) is -0.113. The Balaban J connectivity index is 3.20. The average Bonchev–Trinajstić information content (AvgIpc) is 2.69. The number of hydrogen-bond donors (Lipinski definition) is 3. The van der Waals surface area contributed by atoms with E-state index in [1.807, 2.05) is 0 Å². The van der Waals surface area contributed by atoms with E-state index in [9.17, 15) is 9.59 Å². The highest BCUT2D eigenvalue weighted by Gasteiger charge is 2.15. The molecule has 0 aromatic carbocycles. The SMILES string of the molecule is CC(C)(C)OC(=O)NCCOCCOCCOCCOCCNC(=O)CCOCCO. The third kappa shape index (κ3) is 24.6. The number of aliphatic hydroxyl groups is 1. The zero-order chi connectivity index (χ0) is 23.2. The molecule has 11 heteroatoms. The monoisotopic (exact) mass is 452 g/mol. The Morgan fingerprint density at radius 1 is 0.677 bits per heavy atom. The molecular formula is C20H40N2O9. The van der Waals surface area contributed by atoms with Gasteiger partial charge in [0.15, 0.2) is 0 Å².